The second-order valence-electron chi connectivity index (χ2n) is 4.07. The molecule has 0 unspecified atom stereocenters. The van der Waals surface area contributed by atoms with Gasteiger partial charge in [-0.15, -0.1) is 0 Å². The first-order valence-corrected chi connectivity index (χ1v) is 5.72. The summed E-state index contributed by atoms with van der Waals surface area (Å²) in [5.41, 5.74) is 1.07. The summed E-state index contributed by atoms with van der Waals surface area (Å²) < 4.78 is 10.7. The summed E-state index contributed by atoms with van der Waals surface area (Å²) in [6, 6.07) is 5.90. The molecule has 0 aliphatic heterocycles. The highest BCUT2D eigenvalue weighted by Gasteiger charge is 2.05. The van der Waals surface area contributed by atoms with Crippen molar-refractivity contribution in [3.63, 3.8) is 0 Å². The van der Waals surface area contributed by atoms with Crippen molar-refractivity contribution in [1.29, 1.82) is 0 Å². The van der Waals surface area contributed by atoms with E-state index in [1.54, 1.807) is 7.11 Å². The van der Waals surface area contributed by atoms with Gasteiger partial charge in [0.1, 0.15) is 0 Å². The van der Waals surface area contributed by atoms with Crippen molar-refractivity contribution in [3.8, 4) is 11.5 Å². The van der Waals surface area contributed by atoms with Gasteiger partial charge in [-0.1, -0.05) is 13.8 Å². The minimum atomic E-state index is 0.623. The Hall–Kier alpha value is -1.38. The zero-order valence-electron chi connectivity index (χ0n) is 10.5. The molecule has 1 N–H and O–H groups in total. The van der Waals surface area contributed by atoms with Crippen LogP contribution in [0.5, 0.6) is 11.5 Å². The van der Waals surface area contributed by atoms with Crippen molar-refractivity contribution in [1.82, 2.24) is 0 Å². The molecule has 0 saturated heterocycles. The maximum absolute atomic E-state index is 5.51. The average molecular weight is 223 g/mol. The molecule has 0 heterocycles. The van der Waals surface area contributed by atoms with Crippen LogP contribution < -0.4 is 14.8 Å². The maximum Gasteiger partial charge on any atom is 0.163 e. The van der Waals surface area contributed by atoms with Crippen LogP contribution in [0.2, 0.25) is 0 Å². The molecule has 3 heteroatoms. The normalized spacial score (nSPS) is 10.3. The SMILES string of the molecule is CCOc1cc(NCC(C)C)ccc1OC. The van der Waals surface area contributed by atoms with E-state index in [-0.39, 0.29) is 0 Å². The molecule has 0 aromatic heterocycles. The molecule has 0 radical (unpaired) electrons. The van der Waals surface area contributed by atoms with Crippen molar-refractivity contribution in [2.45, 2.75) is 20.8 Å². The Morgan fingerprint density at radius 3 is 2.56 bits per heavy atom. The Bertz CT molecular complexity index is 324. The average Bonchev–Trinajstić information content (AvgIpc) is 2.27. The number of anilines is 1. The Kier molecular flexibility index (Phi) is 4.96. The van der Waals surface area contributed by atoms with E-state index in [1.807, 2.05) is 25.1 Å². The molecule has 1 aromatic carbocycles. The fourth-order valence-corrected chi connectivity index (χ4v) is 1.38. The van der Waals surface area contributed by atoms with Gasteiger partial charge in [-0.2, -0.15) is 0 Å². The smallest absolute Gasteiger partial charge is 0.163 e. The first-order valence-electron chi connectivity index (χ1n) is 5.72. The van der Waals surface area contributed by atoms with Crippen molar-refractivity contribution >= 4 is 5.69 Å². The van der Waals surface area contributed by atoms with Gasteiger partial charge >= 0.3 is 0 Å². The number of ether oxygens (including phenoxy) is 2. The van der Waals surface area contributed by atoms with Gasteiger partial charge in [-0.3, -0.25) is 0 Å². The highest BCUT2D eigenvalue weighted by atomic mass is 16.5. The van der Waals surface area contributed by atoms with E-state index >= 15 is 0 Å². The molecule has 3 nitrogen and oxygen atoms in total. The quantitative estimate of drug-likeness (QED) is 0.803. The topological polar surface area (TPSA) is 30.5 Å². The van der Waals surface area contributed by atoms with Gasteiger partial charge in [-0.25, -0.2) is 0 Å². The van der Waals surface area contributed by atoms with Gasteiger partial charge in [-0.05, 0) is 25.0 Å². The molecule has 0 aliphatic rings. The van der Waals surface area contributed by atoms with E-state index in [0.29, 0.717) is 12.5 Å². The van der Waals surface area contributed by atoms with Gasteiger partial charge in [0.25, 0.3) is 0 Å². The standard InChI is InChI=1S/C13H21NO2/c1-5-16-13-8-11(14-9-10(2)3)6-7-12(13)15-4/h6-8,10,14H,5,9H2,1-4H3. The van der Waals surface area contributed by atoms with Crippen LogP contribution in [0, 0.1) is 5.92 Å². The minimum absolute atomic E-state index is 0.623. The van der Waals surface area contributed by atoms with Gasteiger partial charge < -0.3 is 14.8 Å². The van der Waals surface area contributed by atoms with E-state index in [4.69, 9.17) is 9.47 Å². The zero-order valence-corrected chi connectivity index (χ0v) is 10.5. The highest BCUT2D eigenvalue weighted by Crippen LogP contribution is 2.30. The monoisotopic (exact) mass is 223 g/mol. The van der Waals surface area contributed by atoms with Crippen molar-refractivity contribution in [3.05, 3.63) is 18.2 Å². The Labute approximate surface area is 97.8 Å². The number of nitrogens with one attached hydrogen (secondary N) is 1. The molecule has 16 heavy (non-hydrogen) atoms. The van der Waals surface area contributed by atoms with Crippen LogP contribution in [0.1, 0.15) is 20.8 Å². The Balaban J connectivity index is 2.76. The van der Waals surface area contributed by atoms with Gasteiger partial charge in [0.2, 0.25) is 0 Å². The largest absolute Gasteiger partial charge is 0.493 e. The van der Waals surface area contributed by atoms with E-state index in [9.17, 15) is 0 Å². The number of rotatable bonds is 6. The third kappa shape index (κ3) is 3.65. The summed E-state index contributed by atoms with van der Waals surface area (Å²) in [6.07, 6.45) is 0. The molecule has 0 bridgehead atoms. The summed E-state index contributed by atoms with van der Waals surface area (Å²) in [5.74, 6) is 2.19. The van der Waals surface area contributed by atoms with E-state index in [0.717, 1.165) is 23.7 Å². The van der Waals surface area contributed by atoms with Gasteiger partial charge in [0.15, 0.2) is 11.5 Å². The molecule has 0 fully saturated rings. The third-order valence-electron chi connectivity index (χ3n) is 2.18. The molecular formula is C13H21NO2. The molecule has 0 amide bonds. The predicted octanol–water partition coefficient (Wildman–Crippen LogP) is 3.16. The summed E-state index contributed by atoms with van der Waals surface area (Å²) in [4.78, 5) is 0. The van der Waals surface area contributed by atoms with Crippen molar-refractivity contribution in [2.75, 3.05) is 25.6 Å². The fourth-order valence-electron chi connectivity index (χ4n) is 1.38. The van der Waals surface area contributed by atoms with E-state index in [1.165, 1.54) is 0 Å². The second kappa shape index (κ2) is 6.26. The molecule has 0 spiro atoms. The van der Waals surface area contributed by atoms with Crippen LogP contribution in [0.4, 0.5) is 5.69 Å². The summed E-state index contributed by atoms with van der Waals surface area (Å²) >= 11 is 0. The lowest BCUT2D eigenvalue weighted by Crippen LogP contribution is -2.08. The maximum atomic E-state index is 5.51. The van der Waals surface area contributed by atoms with E-state index in [2.05, 4.69) is 19.2 Å². The first-order chi connectivity index (χ1) is 7.67. The van der Waals surface area contributed by atoms with Crippen LogP contribution in [0.25, 0.3) is 0 Å². The fraction of sp³-hybridized carbons (Fsp3) is 0.538. The van der Waals surface area contributed by atoms with Crippen LogP contribution in [0.15, 0.2) is 18.2 Å². The molecule has 90 valence electrons. The van der Waals surface area contributed by atoms with Gasteiger partial charge in [0, 0.05) is 18.3 Å². The lowest BCUT2D eigenvalue weighted by atomic mass is 10.2. The summed E-state index contributed by atoms with van der Waals surface area (Å²) in [6.45, 7) is 7.93. The van der Waals surface area contributed by atoms with Crippen molar-refractivity contribution in [2.24, 2.45) is 5.92 Å². The van der Waals surface area contributed by atoms with E-state index < -0.39 is 0 Å². The molecule has 0 aliphatic carbocycles. The van der Waals surface area contributed by atoms with Crippen LogP contribution >= 0.6 is 0 Å². The van der Waals surface area contributed by atoms with Crippen LogP contribution in [-0.2, 0) is 0 Å². The van der Waals surface area contributed by atoms with Gasteiger partial charge in [0.05, 0.1) is 13.7 Å². The predicted molar refractivity (Wildman–Crippen MR) is 67.5 cm³/mol. The molecule has 1 rings (SSSR count). The zero-order chi connectivity index (χ0) is 12.0. The molecule has 0 atom stereocenters. The lowest BCUT2D eigenvalue weighted by Gasteiger charge is -2.13. The first kappa shape index (κ1) is 12.7. The molecule has 1 aromatic rings. The van der Waals surface area contributed by atoms with Crippen molar-refractivity contribution < 1.29 is 9.47 Å². The highest BCUT2D eigenvalue weighted by molar-refractivity contribution is 5.54. The summed E-state index contributed by atoms with van der Waals surface area (Å²) in [5, 5.41) is 3.36. The number of hydrogen-bond donors (Lipinski definition) is 1. The van der Waals surface area contributed by atoms with Crippen LogP contribution in [-0.4, -0.2) is 20.3 Å². The Morgan fingerprint density at radius 1 is 1.25 bits per heavy atom. The number of methoxy groups -OCH3 is 1. The lowest BCUT2D eigenvalue weighted by molar-refractivity contribution is 0.311. The number of hydrogen-bond acceptors (Lipinski definition) is 3. The molecule has 0 saturated carbocycles. The molecular weight excluding hydrogens is 202 g/mol. The summed E-state index contributed by atoms with van der Waals surface area (Å²) in [7, 11) is 1.65. The number of benzene rings is 1. The van der Waals surface area contributed by atoms with Crippen LogP contribution in [0.3, 0.4) is 0 Å². The third-order valence-corrected chi connectivity index (χ3v) is 2.18. The Morgan fingerprint density at radius 2 is 2.00 bits per heavy atom. The minimum Gasteiger partial charge on any atom is -0.493 e. The second-order valence-corrected chi connectivity index (χ2v) is 4.07.